The van der Waals surface area contributed by atoms with Crippen LogP contribution in [-0.4, -0.2) is 32.1 Å². The molecular formula is C13H18BrClN2O2. The Bertz CT molecular complexity index is 416. The number of amides is 1. The molecule has 2 N–H and O–H groups in total. The molecular weight excluding hydrogens is 332 g/mol. The van der Waals surface area contributed by atoms with Gasteiger partial charge in [-0.05, 0) is 31.2 Å². The highest BCUT2D eigenvalue weighted by atomic mass is 79.9. The molecule has 0 unspecified atom stereocenters. The highest BCUT2D eigenvalue weighted by Crippen LogP contribution is 2.27. The van der Waals surface area contributed by atoms with Gasteiger partial charge in [-0.25, -0.2) is 0 Å². The second-order valence-electron chi connectivity index (χ2n) is 3.96. The van der Waals surface area contributed by atoms with Gasteiger partial charge in [-0.2, -0.15) is 0 Å². The molecule has 0 spiro atoms. The van der Waals surface area contributed by atoms with E-state index in [4.69, 9.17) is 16.3 Å². The Morgan fingerprint density at radius 1 is 1.37 bits per heavy atom. The van der Waals surface area contributed by atoms with Gasteiger partial charge in [0.15, 0.2) is 6.61 Å². The molecule has 0 bridgehead atoms. The number of halogens is 2. The highest BCUT2D eigenvalue weighted by Gasteiger charge is 2.05. The van der Waals surface area contributed by atoms with Crippen molar-refractivity contribution in [1.29, 1.82) is 0 Å². The minimum Gasteiger partial charge on any atom is -0.482 e. The lowest BCUT2D eigenvalue weighted by Gasteiger charge is -2.09. The first-order valence-corrected chi connectivity index (χ1v) is 7.36. The van der Waals surface area contributed by atoms with Gasteiger partial charge >= 0.3 is 0 Å². The summed E-state index contributed by atoms with van der Waals surface area (Å²) in [4.78, 5) is 11.5. The third kappa shape index (κ3) is 6.80. The number of benzene rings is 1. The number of carbonyl (C=O) groups is 1. The third-order valence-corrected chi connectivity index (χ3v) is 3.09. The first-order chi connectivity index (χ1) is 9.13. The zero-order valence-corrected chi connectivity index (χ0v) is 13.2. The van der Waals surface area contributed by atoms with Gasteiger partial charge in [0.1, 0.15) is 5.75 Å². The van der Waals surface area contributed by atoms with E-state index < -0.39 is 0 Å². The summed E-state index contributed by atoms with van der Waals surface area (Å²) in [5.41, 5.74) is 0. The molecule has 0 aliphatic heterocycles. The van der Waals surface area contributed by atoms with E-state index in [1.165, 1.54) is 0 Å². The van der Waals surface area contributed by atoms with Crippen LogP contribution in [0.4, 0.5) is 0 Å². The van der Waals surface area contributed by atoms with Crippen molar-refractivity contribution in [2.45, 2.75) is 13.3 Å². The SMILES string of the molecule is CCCNCCNC(=O)COc1ccc(Br)cc1Cl. The van der Waals surface area contributed by atoms with E-state index in [-0.39, 0.29) is 12.5 Å². The fourth-order valence-electron chi connectivity index (χ4n) is 1.38. The number of carbonyl (C=O) groups excluding carboxylic acids is 1. The normalized spacial score (nSPS) is 10.3. The van der Waals surface area contributed by atoms with Crippen molar-refractivity contribution in [3.05, 3.63) is 27.7 Å². The zero-order chi connectivity index (χ0) is 14.1. The average Bonchev–Trinajstić information content (AvgIpc) is 2.37. The molecule has 0 aliphatic carbocycles. The van der Waals surface area contributed by atoms with Crippen molar-refractivity contribution in [3.63, 3.8) is 0 Å². The lowest BCUT2D eigenvalue weighted by molar-refractivity contribution is -0.123. The van der Waals surface area contributed by atoms with Gasteiger partial charge in [0.25, 0.3) is 5.91 Å². The number of hydrogen-bond acceptors (Lipinski definition) is 3. The summed E-state index contributed by atoms with van der Waals surface area (Å²) in [6.07, 6.45) is 1.08. The van der Waals surface area contributed by atoms with Crippen molar-refractivity contribution >= 4 is 33.4 Å². The van der Waals surface area contributed by atoms with Crippen molar-refractivity contribution in [2.75, 3.05) is 26.2 Å². The monoisotopic (exact) mass is 348 g/mol. The summed E-state index contributed by atoms with van der Waals surface area (Å²) in [6.45, 7) is 4.38. The molecule has 0 radical (unpaired) electrons. The van der Waals surface area contributed by atoms with Crippen LogP contribution < -0.4 is 15.4 Å². The van der Waals surface area contributed by atoms with E-state index in [1.54, 1.807) is 12.1 Å². The lowest BCUT2D eigenvalue weighted by Crippen LogP contribution is -2.35. The molecule has 1 amide bonds. The largest absolute Gasteiger partial charge is 0.482 e. The van der Waals surface area contributed by atoms with Crippen LogP contribution >= 0.6 is 27.5 Å². The van der Waals surface area contributed by atoms with Gasteiger partial charge in [-0.1, -0.05) is 34.5 Å². The van der Waals surface area contributed by atoms with Gasteiger partial charge in [0.05, 0.1) is 5.02 Å². The van der Waals surface area contributed by atoms with Crippen LogP contribution in [0.25, 0.3) is 0 Å². The molecule has 0 saturated heterocycles. The summed E-state index contributed by atoms with van der Waals surface area (Å²) in [5, 5.41) is 6.44. The van der Waals surface area contributed by atoms with Gasteiger partial charge in [0.2, 0.25) is 0 Å². The standard InChI is InChI=1S/C13H18BrClN2O2/c1-2-5-16-6-7-17-13(18)9-19-12-4-3-10(14)8-11(12)15/h3-4,8,16H,2,5-7,9H2,1H3,(H,17,18). The predicted octanol–water partition coefficient (Wildman–Crippen LogP) is 2.60. The van der Waals surface area contributed by atoms with Gasteiger partial charge in [0, 0.05) is 17.6 Å². The van der Waals surface area contributed by atoms with Crippen molar-refractivity contribution < 1.29 is 9.53 Å². The Kier molecular flexibility index (Phi) is 7.86. The lowest BCUT2D eigenvalue weighted by atomic mass is 10.3. The summed E-state index contributed by atoms with van der Waals surface area (Å²) < 4.78 is 6.22. The molecule has 1 aromatic rings. The molecule has 6 heteroatoms. The maximum Gasteiger partial charge on any atom is 0.257 e. The molecule has 4 nitrogen and oxygen atoms in total. The number of rotatable bonds is 8. The van der Waals surface area contributed by atoms with Crippen LogP contribution in [0.5, 0.6) is 5.75 Å². The molecule has 0 fully saturated rings. The Labute approximate surface area is 127 Å². The molecule has 0 saturated carbocycles. The Hall–Kier alpha value is -0.780. The van der Waals surface area contributed by atoms with E-state index >= 15 is 0 Å². The number of hydrogen-bond donors (Lipinski definition) is 2. The third-order valence-electron chi connectivity index (χ3n) is 2.30. The molecule has 106 valence electrons. The minimum atomic E-state index is -0.155. The van der Waals surface area contributed by atoms with Gasteiger partial charge < -0.3 is 15.4 Å². The van der Waals surface area contributed by atoms with Gasteiger partial charge in [-0.3, -0.25) is 4.79 Å². The second-order valence-corrected chi connectivity index (χ2v) is 5.29. The highest BCUT2D eigenvalue weighted by molar-refractivity contribution is 9.10. The summed E-state index contributed by atoms with van der Waals surface area (Å²) >= 11 is 9.28. The molecule has 1 rings (SSSR count). The fourth-order valence-corrected chi connectivity index (χ4v) is 2.11. The van der Waals surface area contributed by atoms with Crippen LogP contribution in [0.3, 0.4) is 0 Å². The summed E-state index contributed by atoms with van der Waals surface area (Å²) in [6, 6.07) is 5.26. The smallest absolute Gasteiger partial charge is 0.257 e. The van der Waals surface area contributed by atoms with E-state index in [9.17, 15) is 4.79 Å². The van der Waals surface area contributed by atoms with Crippen LogP contribution in [0, 0.1) is 0 Å². The maximum absolute atomic E-state index is 11.5. The first kappa shape index (κ1) is 16.3. The van der Waals surface area contributed by atoms with Crippen LogP contribution in [0.1, 0.15) is 13.3 Å². The molecule has 19 heavy (non-hydrogen) atoms. The Morgan fingerprint density at radius 2 is 2.16 bits per heavy atom. The molecule has 0 aromatic heterocycles. The Morgan fingerprint density at radius 3 is 2.84 bits per heavy atom. The second kappa shape index (κ2) is 9.18. The molecule has 1 aromatic carbocycles. The van der Waals surface area contributed by atoms with Crippen molar-refractivity contribution in [2.24, 2.45) is 0 Å². The van der Waals surface area contributed by atoms with Crippen LogP contribution in [0.15, 0.2) is 22.7 Å². The van der Waals surface area contributed by atoms with E-state index in [1.807, 2.05) is 6.07 Å². The molecule has 0 aliphatic rings. The van der Waals surface area contributed by atoms with Crippen LogP contribution in [-0.2, 0) is 4.79 Å². The maximum atomic E-state index is 11.5. The fraction of sp³-hybridized carbons (Fsp3) is 0.462. The average molecular weight is 350 g/mol. The van der Waals surface area contributed by atoms with Crippen molar-refractivity contribution in [1.82, 2.24) is 10.6 Å². The van der Waals surface area contributed by atoms with Gasteiger partial charge in [-0.15, -0.1) is 0 Å². The number of nitrogens with one attached hydrogen (secondary N) is 2. The minimum absolute atomic E-state index is 0.0326. The molecule has 0 atom stereocenters. The topological polar surface area (TPSA) is 50.4 Å². The molecule has 0 heterocycles. The zero-order valence-electron chi connectivity index (χ0n) is 10.8. The quantitative estimate of drug-likeness (QED) is 0.709. The predicted molar refractivity (Wildman–Crippen MR) is 80.8 cm³/mol. The first-order valence-electron chi connectivity index (χ1n) is 6.18. The van der Waals surface area contributed by atoms with Crippen molar-refractivity contribution in [3.8, 4) is 5.75 Å². The number of ether oxygens (including phenoxy) is 1. The summed E-state index contributed by atoms with van der Waals surface area (Å²) in [5.74, 6) is 0.349. The van der Waals surface area contributed by atoms with E-state index in [2.05, 4.69) is 33.5 Å². The van der Waals surface area contributed by atoms with E-state index in [0.29, 0.717) is 17.3 Å². The van der Waals surface area contributed by atoms with Crippen LogP contribution in [0.2, 0.25) is 5.02 Å². The summed E-state index contributed by atoms with van der Waals surface area (Å²) in [7, 11) is 0. The van der Waals surface area contributed by atoms with E-state index in [0.717, 1.165) is 24.0 Å². The Balaban J connectivity index is 2.22.